The highest BCUT2D eigenvalue weighted by Gasteiger charge is 2.22. The summed E-state index contributed by atoms with van der Waals surface area (Å²) in [6, 6.07) is -1.44. The van der Waals surface area contributed by atoms with Crippen LogP contribution < -0.4 is 4.72 Å². The van der Waals surface area contributed by atoms with Crippen molar-refractivity contribution in [2.45, 2.75) is 0 Å². The molecule has 0 saturated heterocycles. The molecule has 0 heterocycles. The topological polar surface area (TPSA) is 50.8 Å². The third-order valence-corrected chi connectivity index (χ3v) is 6.19. The first-order chi connectivity index (χ1) is 6.46. The second kappa shape index (κ2) is 6.84. The number of carbonyl (C=O) groups excluding carboxylic acids is 1. The quantitative estimate of drug-likeness (QED) is 0.418. The van der Waals surface area contributed by atoms with E-state index >= 15 is 0 Å². The second-order valence-electron chi connectivity index (χ2n) is 2.07. The van der Waals surface area contributed by atoms with E-state index in [2.05, 4.69) is 4.72 Å². The number of halogens is 1. The van der Waals surface area contributed by atoms with Gasteiger partial charge in [-0.2, -0.15) is 8.47 Å². The molecule has 0 atom stereocenters. The van der Waals surface area contributed by atoms with Crippen LogP contribution in [0.3, 0.4) is 0 Å². The minimum Gasteiger partial charge on any atom is -0.321 e. The fraction of sp³-hybridized carbons (Fsp3) is 0.800. The van der Waals surface area contributed by atoms with Gasteiger partial charge in [0.15, 0.2) is 0 Å². The van der Waals surface area contributed by atoms with E-state index in [-0.39, 0.29) is 6.54 Å². The predicted octanol–water partition coefficient (Wildman–Crippen LogP) is 1.08. The summed E-state index contributed by atoms with van der Waals surface area (Å²) in [4.78, 5) is 9.97. The predicted molar refractivity (Wildman–Crippen MR) is 57.8 cm³/mol. The Balaban J connectivity index is 4.00. The molecular formula is C5H12FN2O3PS2. The van der Waals surface area contributed by atoms with Gasteiger partial charge in [-0.25, -0.2) is 4.72 Å². The molecule has 0 saturated carbocycles. The SMILES string of the molecule is COP(=S)(OC)N(C)SNCC(=O)F. The molecule has 0 aliphatic carbocycles. The Bertz CT molecular complexity index is 235. The first kappa shape index (κ1) is 14.4. The van der Waals surface area contributed by atoms with Gasteiger partial charge in [0, 0.05) is 33.4 Å². The molecular weight excluding hydrogens is 250 g/mol. The molecule has 0 bridgehead atoms. The Morgan fingerprint density at radius 1 is 1.64 bits per heavy atom. The largest absolute Gasteiger partial charge is 0.321 e. The Morgan fingerprint density at radius 2 is 2.14 bits per heavy atom. The lowest BCUT2D eigenvalue weighted by Crippen LogP contribution is -2.19. The molecule has 5 nitrogen and oxygen atoms in total. The zero-order valence-electron chi connectivity index (χ0n) is 8.02. The summed E-state index contributed by atoms with van der Waals surface area (Å²) in [7, 11) is 4.50. The van der Waals surface area contributed by atoms with E-state index in [9.17, 15) is 9.18 Å². The van der Waals surface area contributed by atoms with Crippen LogP contribution in [0.15, 0.2) is 0 Å². The summed E-state index contributed by atoms with van der Waals surface area (Å²) in [5, 5.41) is 0. The average molecular weight is 262 g/mol. The van der Waals surface area contributed by atoms with Crippen molar-refractivity contribution in [3.05, 3.63) is 0 Å². The van der Waals surface area contributed by atoms with E-state index in [1.165, 1.54) is 18.3 Å². The maximum Gasteiger partial charge on any atom is 0.316 e. The van der Waals surface area contributed by atoms with Gasteiger partial charge in [0.1, 0.15) is 0 Å². The lowest BCUT2D eigenvalue weighted by molar-refractivity contribution is -0.127. The number of hydrogen-bond donors (Lipinski definition) is 1. The van der Waals surface area contributed by atoms with Crippen LogP contribution in [0.25, 0.3) is 0 Å². The maximum absolute atomic E-state index is 11.8. The van der Waals surface area contributed by atoms with E-state index in [1.54, 1.807) is 7.05 Å². The van der Waals surface area contributed by atoms with Crippen LogP contribution >= 0.6 is 18.8 Å². The Labute approximate surface area is 91.8 Å². The molecule has 0 unspecified atom stereocenters. The van der Waals surface area contributed by atoms with Crippen molar-refractivity contribution >= 4 is 36.6 Å². The van der Waals surface area contributed by atoms with E-state index in [0.29, 0.717) is 0 Å². The summed E-state index contributed by atoms with van der Waals surface area (Å²) >= 11 is 6.04. The molecule has 0 rings (SSSR count). The number of carbonyl (C=O) groups is 1. The summed E-state index contributed by atoms with van der Waals surface area (Å²) in [5.74, 6) is 0. The van der Waals surface area contributed by atoms with Gasteiger partial charge in [0.2, 0.25) is 0 Å². The number of hydrogen-bond acceptors (Lipinski definition) is 6. The van der Waals surface area contributed by atoms with Crippen LogP contribution in [-0.4, -0.2) is 37.9 Å². The van der Waals surface area contributed by atoms with E-state index in [1.807, 2.05) is 0 Å². The van der Waals surface area contributed by atoms with Crippen molar-refractivity contribution in [2.24, 2.45) is 0 Å². The van der Waals surface area contributed by atoms with Crippen molar-refractivity contribution in [3.63, 3.8) is 0 Å². The van der Waals surface area contributed by atoms with Crippen molar-refractivity contribution in [1.82, 2.24) is 8.80 Å². The molecule has 0 aromatic rings. The molecule has 0 aromatic carbocycles. The number of nitrogens with one attached hydrogen (secondary N) is 1. The van der Waals surface area contributed by atoms with Crippen molar-refractivity contribution in [1.29, 1.82) is 0 Å². The molecule has 0 amide bonds. The molecule has 0 aliphatic rings. The highest BCUT2D eigenvalue weighted by molar-refractivity contribution is 8.14. The van der Waals surface area contributed by atoms with Gasteiger partial charge in [-0.3, -0.25) is 4.79 Å². The van der Waals surface area contributed by atoms with Crippen LogP contribution in [0.4, 0.5) is 4.39 Å². The zero-order valence-corrected chi connectivity index (χ0v) is 10.5. The zero-order chi connectivity index (χ0) is 11.2. The monoisotopic (exact) mass is 262 g/mol. The Kier molecular flexibility index (Phi) is 7.05. The van der Waals surface area contributed by atoms with Crippen LogP contribution in [0.5, 0.6) is 0 Å². The molecule has 0 aliphatic heterocycles. The number of rotatable bonds is 7. The van der Waals surface area contributed by atoms with Gasteiger partial charge in [-0.15, -0.1) is 0 Å². The first-order valence-electron chi connectivity index (χ1n) is 3.50. The third kappa shape index (κ3) is 4.79. The van der Waals surface area contributed by atoms with E-state index < -0.39 is 12.7 Å². The number of nitrogens with zero attached hydrogens (tertiary/aromatic N) is 1. The standard InChI is InChI=1S/C5H12FN2O3PS2/c1-8(12(13,10-2)11-3)14-7-4-5(6)9/h7H,4H2,1-3H3. The minimum absolute atomic E-state index is 0.377. The summed E-state index contributed by atoms with van der Waals surface area (Å²) < 4.78 is 25.8. The summed E-state index contributed by atoms with van der Waals surface area (Å²) in [6.07, 6.45) is 0. The third-order valence-electron chi connectivity index (χ3n) is 1.21. The highest BCUT2D eigenvalue weighted by atomic mass is 32.5. The van der Waals surface area contributed by atoms with Gasteiger partial charge in [0.25, 0.3) is 6.64 Å². The van der Waals surface area contributed by atoms with Crippen LogP contribution in [0, 0.1) is 0 Å². The van der Waals surface area contributed by atoms with Crippen molar-refractivity contribution < 1.29 is 18.2 Å². The average Bonchev–Trinajstić information content (AvgIpc) is 2.15. The summed E-state index contributed by atoms with van der Waals surface area (Å²) in [5.41, 5.74) is 0. The van der Waals surface area contributed by atoms with Gasteiger partial charge in [0.05, 0.1) is 6.54 Å². The van der Waals surface area contributed by atoms with Crippen molar-refractivity contribution in [3.8, 4) is 0 Å². The smallest absolute Gasteiger partial charge is 0.316 e. The van der Waals surface area contributed by atoms with Gasteiger partial charge < -0.3 is 9.05 Å². The normalized spacial score (nSPS) is 12.1. The van der Waals surface area contributed by atoms with Crippen LogP contribution in [0.1, 0.15) is 0 Å². The molecule has 0 radical (unpaired) electrons. The van der Waals surface area contributed by atoms with E-state index in [0.717, 1.165) is 12.1 Å². The second-order valence-corrected chi connectivity index (χ2v) is 7.01. The Hall–Kier alpha value is 0.440. The molecule has 14 heavy (non-hydrogen) atoms. The van der Waals surface area contributed by atoms with Gasteiger partial charge >= 0.3 is 6.04 Å². The molecule has 9 heteroatoms. The van der Waals surface area contributed by atoms with Gasteiger partial charge in [-0.1, -0.05) is 0 Å². The Morgan fingerprint density at radius 3 is 2.50 bits per heavy atom. The minimum atomic E-state index is -2.50. The lowest BCUT2D eigenvalue weighted by Gasteiger charge is -2.26. The van der Waals surface area contributed by atoms with Crippen molar-refractivity contribution in [2.75, 3.05) is 27.8 Å². The summed E-state index contributed by atoms with van der Waals surface area (Å²) in [6.45, 7) is -2.88. The van der Waals surface area contributed by atoms with Crippen LogP contribution in [-0.2, 0) is 25.6 Å². The molecule has 84 valence electrons. The highest BCUT2D eigenvalue weighted by Crippen LogP contribution is 2.52. The maximum atomic E-state index is 11.8. The molecule has 0 spiro atoms. The molecule has 0 fully saturated rings. The molecule has 1 N–H and O–H groups in total. The fourth-order valence-electron chi connectivity index (χ4n) is 0.537. The van der Waals surface area contributed by atoms with Crippen LogP contribution in [0.2, 0.25) is 0 Å². The molecule has 0 aromatic heterocycles. The van der Waals surface area contributed by atoms with Gasteiger partial charge in [-0.05, 0) is 11.8 Å². The van der Waals surface area contributed by atoms with E-state index in [4.69, 9.17) is 20.9 Å². The first-order valence-corrected chi connectivity index (χ1v) is 6.86. The lowest BCUT2D eigenvalue weighted by atomic mass is 10.7. The fourth-order valence-corrected chi connectivity index (χ4v) is 2.78.